The number of hydrogen-bond donors (Lipinski definition) is 0. The number of hydrogen-bond acceptors (Lipinski definition) is 5. The molecule has 1 aliphatic heterocycles. The zero-order chi connectivity index (χ0) is 21.9. The molecule has 0 N–H and O–H groups in total. The van der Waals surface area contributed by atoms with E-state index >= 15 is 0 Å². The van der Waals surface area contributed by atoms with Crippen molar-refractivity contribution in [2.75, 3.05) is 6.54 Å². The summed E-state index contributed by atoms with van der Waals surface area (Å²) in [6.45, 7) is 2.15. The summed E-state index contributed by atoms with van der Waals surface area (Å²) >= 11 is 0. The monoisotopic (exact) mass is 427 g/mol. The first-order valence-corrected chi connectivity index (χ1v) is 9.54. The van der Waals surface area contributed by atoms with Crippen molar-refractivity contribution < 1.29 is 18.0 Å². The van der Waals surface area contributed by atoms with Crippen LogP contribution in [0.4, 0.5) is 13.2 Å². The standard InChI is InChI=1S/C20H16F3N7O/c1-10-16-12(18(28(2)26-16)11-8-13(21)15(23)14(22)9-11)4-7-29(10)20(31)17-19-24-5-3-6-30(19)27-25-17/h3,5-6,8-10H,4,7H2,1-2H3/t10-/m0/s1. The minimum atomic E-state index is -1.51. The minimum absolute atomic E-state index is 0.134. The summed E-state index contributed by atoms with van der Waals surface area (Å²) in [5.41, 5.74) is 2.52. The number of fused-ring (bicyclic) bond motifs is 2. The van der Waals surface area contributed by atoms with Crippen molar-refractivity contribution in [1.82, 2.24) is 34.5 Å². The number of benzene rings is 1. The first-order chi connectivity index (χ1) is 14.9. The average Bonchev–Trinajstić information content (AvgIpc) is 3.32. The molecule has 0 saturated carbocycles. The molecule has 0 unspecified atom stereocenters. The summed E-state index contributed by atoms with van der Waals surface area (Å²) in [5.74, 6) is -4.38. The third-order valence-electron chi connectivity index (χ3n) is 5.54. The number of carbonyl (C=O) groups excluding carboxylic acids is 1. The van der Waals surface area contributed by atoms with Crippen molar-refractivity contribution in [2.24, 2.45) is 7.05 Å². The van der Waals surface area contributed by atoms with E-state index in [0.717, 1.165) is 17.7 Å². The van der Waals surface area contributed by atoms with Gasteiger partial charge >= 0.3 is 0 Å². The molecule has 0 spiro atoms. The second-order valence-electron chi connectivity index (χ2n) is 7.34. The van der Waals surface area contributed by atoms with Crippen LogP contribution in [0.5, 0.6) is 0 Å². The zero-order valence-corrected chi connectivity index (χ0v) is 16.6. The number of aryl methyl sites for hydroxylation is 1. The summed E-state index contributed by atoms with van der Waals surface area (Å²) in [6, 6.07) is 3.16. The lowest BCUT2D eigenvalue weighted by molar-refractivity contribution is 0.0669. The molecule has 0 radical (unpaired) electrons. The lowest BCUT2D eigenvalue weighted by atomic mass is 9.95. The van der Waals surface area contributed by atoms with Crippen LogP contribution < -0.4 is 0 Å². The van der Waals surface area contributed by atoms with Gasteiger partial charge in [0.1, 0.15) is 0 Å². The topological polar surface area (TPSA) is 81.2 Å². The number of nitrogens with zero attached hydrogens (tertiary/aromatic N) is 7. The lowest BCUT2D eigenvalue weighted by Crippen LogP contribution is -2.39. The molecule has 1 aliphatic rings. The van der Waals surface area contributed by atoms with Gasteiger partial charge in [0.05, 0.1) is 17.4 Å². The maximum absolute atomic E-state index is 13.8. The SMILES string of the molecule is C[C@H]1c2nn(C)c(-c3cc(F)c(F)c(F)c3)c2CCN1C(=O)c1nnn2cccnc12. The van der Waals surface area contributed by atoms with Crippen LogP contribution in [0.1, 0.15) is 34.7 Å². The van der Waals surface area contributed by atoms with E-state index in [1.807, 2.05) is 6.92 Å². The largest absolute Gasteiger partial charge is 0.328 e. The van der Waals surface area contributed by atoms with Crippen molar-refractivity contribution in [3.8, 4) is 11.3 Å². The van der Waals surface area contributed by atoms with Gasteiger partial charge < -0.3 is 4.90 Å². The third-order valence-corrected chi connectivity index (χ3v) is 5.54. The van der Waals surface area contributed by atoms with Gasteiger partial charge in [-0.2, -0.15) is 5.10 Å². The van der Waals surface area contributed by atoms with Crippen LogP contribution in [0.25, 0.3) is 16.9 Å². The van der Waals surface area contributed by atoms with Crippen LogP contribution in [0.3, 0.4) is 0 Å². The molecule has 1 aromatic carbocycles. The van der Waals surface area contributed by atoms with E-state index in [1.54, 1.807) is 30.4 Å². The van der Waals surface area contributed by atoms with Gasteiger partial charge in [-0.3, -0.25) is 9.48 Å². The molecular formula is C20H16F3N7O. The van der Waals surface area contributed by atoms with E-state index in [4.69, 9.17) is 0 Å². The fourth-order valence-corrected chi connectivity index (χ4v) is 4.09. The summed E-state index contributed by atoms with van der Waals surface area (Å²) < 4.78 is 43.9. The first kappa shape index (κ1) is 19.2. The van der Waals surface area contributed by atoms with Gasteiger partial charge in [0, 0.05) is 37.1 Å². The molecule has 0 fully saturated rings. The van der Waals surface area contributed by atoms with E-state index in [1.165, 1.54) is 9.20 Å². The Morgan fingerprint density at radius 2 is 1.94 bits per heavy atom. The second-order valence-corrected chi connectivity index (χ2v) is 7.34. The van der Waals surface area contributed by atoms with E-state index in [2.05, 4.69) is 20.4 Å². The first-order valence-electron chi connectivity index (χ1n) is 9.54. The molecule has 4 heterocycles. The summed E-state index contributed by atoms with van der Waals surface area (Å²) in [5, 5.41) is 12.4. The third kappa shape index (κ3) is 2.87. The van der Waals surface area contributed by atoms with E-state index in [0.29, 0.717) is 30.0 Å². The molecule has 5 rings (SSSR count). The maximum Gasteiger partial charge on any atom is 0.278 e. The maximum atomic E-state index is 13.8. The van der Waals surface area contributed by atoms with Crippen molar-refractivity contribution in [3.05, 3.63) is 65.0 Å². The van der Waals surface area contributed by atoms with Gasteiger partial charge in [-0.05, 0) is 31.5 Å². The fourth-order valence-electron chi connectivity index (χ4n) is 4.09. The Labute approximate surface area is 173 Å². The van der Waals surface area contributed by atoms with Crippen LogP contribution in [0.2, 0.25) is 0 Å². The summed E-state index contributed by atoms with van der Waals surface area (Å²) in [4.78, 5) is 19.0. The fraction of sp³-hybridized carbons (Fsp3) is 0.250. The summed E-state index contributed by atoms with van der Waals surface area (Å²) in [6.07, 6.45) is 3.61. The average molecular weight is 427 g/mol. The normalized spacial score (nSPS) is 16.0. The molecule has 0 saturated heterocycles. The Morgan fingerprint density at radius 3 is 2.68 bits per heavy atom. The highest BCUT2D eigenvalue weighted by Gasteiger charge is 2.35. The lowest BCUT2D eigenvalue weighted by Gasteiger charge is -2.32. The molecule has 4 aromatic rings. The number of amides is 1. The van der Waals surface area contributed by atoms with Crippen LogP contribution in [0.15, 0.2) is 30.6 Å². The predicted octanol–water partition coefficient (Wildman–Crippen LogP) is 2.70. The van der Waals surface area contributed by atoms with E-state index < -0.39 is 23.5 Å². The van der Waals surface area contributed by atoms with Crippen molar-refractivity contribution in [2.45, 2.75) is 19.4 Å². The Kier molecular flexibility index (Phi) is 4.27. The van der Waals surface area contributed by atoms with Crippen LogP contribution >= 0.6 is 0 Å². The Morgan fingerprint density at radius 1 is 1.19 bits per heavy atom. The van der Waals surface area contributed by atoms with Gasteiger partial charge in [0.15, 0.2) is 28.8 Å². The molecule has 3 aromatic heterocycles. The van der Waals surface area contributed by atoms with Gasteiger partial charge in [0.2, 0.25) is 0 Å². The zero-order valence-electron chi connectivity index (χ0n) is 16.6. The van der Waals surface area contributed by atoms with Crippen molar-refractivity contribution >= 4 is 11.6 Å². The molecule has 31 heavy (non-hydrogen) atoms. The number of halogens is 3. The number of rotatable bonds is 2. The Bertz CT molecular complexity index is 1320. The molecule has 158 valence electrons. The summed E-state index contributed by atoms with van der Waals surface area (Å²) in [7, 11) is 1.64. The van der Waals surface area contributed by atoms with Gasteiger partial charge in [-0.15, -0.1) is 5.10 Å². The Hall–Kier alpha value is -3.76. The molecule has 8 nitrogen and oxygen atoms in total. The molecule has 1 amide bonds. The molecular weight excluding hydrogens is 411 g/mol. The van der Waals surface area contributed by atoms with Gasteiger partial charge in [0.25, 0.3) is 5.91 Å². The quantitative estimate of drug-likeness (QED) is 0.460. The molecule has 0 aliphatic carbocycles. The minimum Gasteiger partial charge on any atom is -0.328 e. The molecule has 0 bridgehead atoms. The van der Waals surface area contributed by atoms with Crippen LogP contribution in [-0.2, 0) is 13.5 Å². The highest BCUT2D eigenvalue weighted by atomic mass is 19.2. The number of aromatic nitrogens is 6. The van der Waals surface area contributed by atoms with Gasteiger partial charge in [-0.25, -0.2) is 22.7 Å². The van der Waals surface area contributed by atoms with Gasteiger partial charge in [-0.1, -0.05) is 5.21 Å². The Balaban J connectivity index is 1.53. The highest BCUT2D eigenvalue weighted by Crippen LogP contribution is 2.36. The molecule has 11 heteroatoms. The highest BCUT2D eigenvalue weighted by molar-refractivity contribution is 5.98. The number of carbonyl (C=O) groups is 1. The van der Waals surface area contributed by atoms with Crippen molar-refractivity contribution in [1.29, 1.82) is 0 Å². The van der Waals surface area contributed by atoms with Crippen molar-refractivity contribution in [3.63, 3.8) is 0 Å². The van der Waals surface area contributed by atoms with Crippen LogP contribution in [0, 0.1) is 17.5 Å². The van der Waals surface area contributed by atoms with Crippen LogP contribution in [-0.4, -0.2) is 46.9 Å². The molecule has 1 atom stereocenters. The predicted molar refractivity (Wildman–Crippen MR) is 102 cm³/mol. The van der Waals surface area contributed by atoms with E-state index in [-0.39, 0.29) is 17.2 Å². The second kappa shape index (κ2) is 6.89. The van der Waals surface area contributed by atoms with E-state index in [9.17, 15) is 18.0 Å². The smallest absolute Gasteiger partial charge is 0.278 e.